The molecular formula is C18H13ClF2N2O4. The molecule has 0 unspecified atom stereocenters. The summed E-state index contributed by atoms with van der Waals surface area (Å²) in [4.78, 5) is 23.4. The molecule has 2 amide bonds. The molecule has 2 aromatic rings. The van der Waals surface area contributed by atoms with E-state index in [4.69, 9.17) is 16.3 Å². The van der Waals surface area contributed by atoms with Gasteiger partial charge in [0.05, 0.1) is 16.4 Å². The van der Waals surface area contributed by atoms with Crippen LogP contribution in [0.15, 0.2) is 42.5 Å². The molecule has 1 aliphatic rings. The number of benzene rings is 2. The molecule has 2 N–H and O–H groups in total. The maximum absolute atomic E-state index is 12.4. The van der Waals surface area contributed by atoms with Crippen LogP contribution in [0.5, 0.6) is 11.5 Å². The number of carbonyl (C=O) groups is 2. The molecule has 1 heterocycles. The molecule has 0 radical (unpaired) electrons. The van der Waals surface area contributed by atoms with Crippen LogP contribution in [0.2, 0.25) is 5.02 Å². The first kappa shape index (κ1) is 18.7. The van der Waals surface area contributed by atoms with Gasteiger partial charge < -0.3 is 20.1 Å². The minimum Gasteiger partial charge on any atom is -0.482 e. The van der Waals surface area contributed by atoms with Crippen LogP contribution in [-0.2, 0) is 9.59 Å². The Labute approximate surface area is 157 Å². The van der Waals surface area contributed by atoms with E-state index in [2.05, 4.69) is 15.4 Å². The zero-order valence-corrected chi connectivity index (χ0v) is 14.4. The van der Waals surface area contributed by atoms with Gasteiger partial charge >= 0.3 is 6.61 Å². The second-order valence-electron chi connectivity index (χ2n) is 5.40. The fourth-order valence-electron chi connectivity index (χ4n) is 2.36. The van der Waals surface area contributed by atoms with Gasteiger partial charge in [0, 0.05) is 17.7 Å². The topological polar surface area (TPSA) is 76.7 Å². The van der Waals surface area contributed by atoms with E-state index in [-0.39, 0.29) is 29.0 Å². The highest BCUT2D eigenvalue weighted by atomic mass is 35.5. The number of fused-ring (bicyclic) bond motifs is 1. The summed E-state index contributed by atoms with van der Waals surface area (Å²) in [7, 11) is 0. The molecule has 0 atom stereocenters. The van der Waals surface area contributed by atoms with Crippen molar-refractivity contribution in [3.63, 3.8) is 0 Å². The average Bonchev–Trinajstić information content (AvgIpc) is 2.61. The zero-order valence-electron chi connectivity index (χ0n) is 13.7. The van der Waals surface area contributed by atoms with Gasteiger partial charge in [0.1, 0.15) is 11.5 Å². The van der Waals surface area contributed by atoms with Crippen LogP contribution in [0.4, 0.5) is 20.2 Å². The van der Waals surface area contributed by atoms with Gasteiger partial charge in [-0.15, -0.1) is 0 Å². The first-order chi connectivity index (χ1) is 12.9. The van der Waals surface area contributed by atoms with Crippen LogP contribution in [0.25, 0.3) is 6.08 Å². The highest BCUT2D eigenvalue weighted by molar-refractivity contribution is 6.34. The molecule has 27 heavy (non-hydrogen) atoms. The number of para-hydroxylation sites is 1. The zero-order chi connectivity index (χ0) is 19.4. The van der Waals surface area contributed by atoms with Crippen LogP contribution in [-0.4, -0.2) is 25.0 Å². The average molecular weight is 395 g/mol. The highest BCUT2D eigenvalue weighted by Gasteiger charge is 2.18. The molecule has 3 rings (SSSR count). The maximum Gasteiger partial charge on any atom is 0.387 e. The van der Waals surface area contributed by atoms with Gasteiger partial charge in [0.25, 0.3) is 5.91 Å². The highest BCUT2D eigenvalue weighted by Crippen LogP contribution is 2.36. The molecule has 0 fully saturated rings. The van der Waals surface area contributed by atoms with Gasteiger partial charge in [-0.3, -0.25) is 9.59 Å². The van der Waals surface area contributed by atoms with Crippen LogP contribution >= 0.6 is 11.6 Å². The van der Waals surface area contributed by atoms with E-state index in [0.29, 0.717) is 17.0 Å². The van der Waals surface area contributed by atoms with E-state index in [1.807, 2.05) is 0 Å². The summed E-state index contributed by atoms with van der Waals surface area (Å²) in [5.74, 6) is -0.520. The summed E-state index contributed by atoms with van der Waals surface area (Å²) in [6, 6.07) is 9.01. The molecule has 2 aromatic carbocycles. The van der Waals surface area contributed by atoms with Gasteiger partial charge in [-0.05, 0) is 18.2 Å². The van der Waals surface area contributed by atoms with E-state index in [9.17, 15) is 18.4 Å². The summed E-state index contributed by atoms with van der Waals surface area (Å²) in [6.07, 6.45) is 2.50. The predicted molar refractivity (Wildman–Crippen MR) is 96.3 cm³/mol. The van der Waals surface area contributed by atoms with Crippen molar-refractivity contribution in [3.05, 3.63) is 53.1 Å². The van der Waals surface area contributed by atoms with E-state index in [1.54, 1.807) is 12.1 Å². The Morgan fingerprint density at radius 1 is 1.33 bits per heavy atom. The monoisotopic (exact) mass is 394 g/mol. The number of alkyl halides is 2. The largest absolute Gasteiger partial charge is 0.482 e. The summed E-state index contributed by atoms with van der Waals surface area (Å²) in [5, 5.41) is 5.36. The Balaban J connectivity index is 1.73. The number of amides is 2. The standard InChI is InChI=1S/C18H13ClF2N2O4/c19-11-7-13-15(26-9-17(25)23-13)8-12(11)22-16(24)6-5-10-3-1-2-4-14(10)27-18(20)21/h1-8,18H,9H2,(H,22,24)(H,23,25)/b6-5-. The van der Waals surface area contributed by atoms with Crippen molar-refractivity contribution in [1.82, 2.24) is 0 Å². The molecule has 0 saturated heterocycles. The van der Waals surface area contributed by atoms with E-state index >= 15 is 0 Å². The van der Waals surface area contributed by atoms with Gasteiger partial charge in [-0.25, -0.2) is 0 Å². The first-order valence-electron chi connectivity index (χ1n) is 7.71. The number of carbonyl (C=O) groups excluding carboxylic acids is 2. The van der Waals surface area contributed by atoms with Crippen molar-refractivity contribution in [2.45, 2.75) is 6.61 Å². The first-order valence-corrected chi connectivity index (χ1v) is 8.09. The fraction of sp³-hybridized carbons (Fsp3) is 0.111. The molecule has 9 heteroatoms. The second kappa shape index (κ2) is 8.05. The van der Waals surface area contributed by atoms with Gasteiger partial charge in [0.15, 0.2) is 6.61 Å². The summed E-state index contributed by atoms with van der Waals surface area (Å²) < 4.78 is 34.5. The maximum atomic E-state index is 12.4. The number of halogens is 3. The number of nitrogens with one attached hydrogen (secondary N) is 2. The smallest absolute Gasteiger partial charge is 0.387 e. The Hall–Kier alpha value is -3.13. The Bertz CT molecular complexity index is 918. The molecular weight excluding hydrogens is 382 g/mol. The van der Waals surface area contributed by atoms with Crippen molar-refractivity contribution < 1.29 is 27.8 Å². The summed E-state index contributed by atoms with van der Waals surface area (Å²) in [6.45, 7) is -3.11. The second-order valence-corrected chi connectivity index (χ2v) is 5.81. The van der Waals surface area contributed by atoms with E-state index in [1.165, 1.54) is 30.3 Å². The number of hydrogen-bond acceptors (Lipinski definition) is 4. The molecule has 1 aliphatic heterocycles. The SMILES string of the molecule is O=C(/C=C\c1ccccc1OC(F)F)Nc1cc2c(cc1Cl)NC(=O)CO2. The lowest BCUT2D eigenvalue weighted by atomic mass is 10.2. The van der Waals surface area contributed by atoms with Crippen LogP contribution < -0.4 is 20.1 Å². The fourth-order valence-corrected chi connectivity index (χ4v) is 2.57. The Morgan fingerprint density at radius 3 is 2.89 bits per heavy atom. The molecule has 6 nitrogen and oxygen atoms in total. The van der Waals surface area contributed by atoms with Crippen molar-refractivity contribution in [3.8, 4) is 11.5 Å². The lowest BCUT2D eigenvalue weighted by molar-refractivity contribution is -0.118. The minimum absolute atomic E-state index is 0.0486. The lowest BCUT2D eigenvalue weighted by Crippen LogP contribution is -2.25. The van der Waals surface area contributed by atoms with Gasteiger partial charge in [-0.2, -0.15) is 8.78 Å². The van der Waals surface area contributed by atoms with E-state index < -0.39 is 12.5 Å². The van der Waals surface area contributed by atoms with Crippen LogP contribution in [0.3, 0.4) is 0 Å². The van der Waals surface area contributed by atoms with Crippen molar-refractivity contribution in [1.29, 1.82) is 0 Å². The quantitative estimate of drug-likeness (QED) is 0.753. The van der Waals surface area contributed by atoms with Crippen molar-refractivity contribution >= 4 is 40.9 Å². The molecule has 0 saturated carbocycles. The Morgan fingerprint density at radius 2 is 2.11 bits per heavy atom. The Kier molecular flexibility index (Phi) is 5.56. The molecule has 0 aliphatic carbocycles. The molecule has 0 aromatic heterocycles. The van der Waals surface area contributed by atoms with E-state index in [0.717, 1.165) is 6.08 Å². The number of ether oxygens (including phenoxy) is 2. The molecule has 0 bridgehead atoms. The van der Waals surface area contributed by atoms with Crippen molar-refractivity contribution in [2.24, 2.45) is 0 Å². The molecule has 140 valence electrons. The normalized spacial score (nSPS) is 13.1. The molecule has 0 spiro atoms. The van der Waals surface area contributed by atoms with Crippen LogP contribution in [0.1, 0.15) is 5.56 Å². The van der Waals surface area contributed by atoms with Crippen molar-refractivity contribution in [2.75, 3.05) is 17.2 Å². The lowest BCUT2D eigenvalue weighted by Gasteiger charge is -2.19. The van der Waals surface area contributed by atoms with Gasteiger partial charge in [0.2, 0.25) is 5.91 Å². The third-order valence-electron chi connectivity index (χ3n) is 3.51. The summed E-state index contributed by atoms with van der Waals surface area (Å²) >= 11 is 6.10. The minimum atomic E-state index is -2.97. The third kappa shape index (κ3) is 4.73. The number of hydrogen-bond donors (Lipinski definition) is 2. The number of rotatable bonds is 5. The summed E-state index contributed by atoms with van der Waals surface area (Å²) in [5.41, 5.74) is 0.997. The predicted octanol–water partition coefficient (Wildman–Crippen LogP) is 3.92. The van der Waals surface area contributed by atoms with Crippen LogP contribution in [0, 0.1) is 0 Å². The third-order valence-corrected chi connectivity index (χ3v) is 3.82. The van der Waals surface area contributed by atoms with Gasteiger partial charge in [-0.1, -0.05) is 29.8 Å². The number of anilines is 2.